The second kappa shape index (κ2) is 27.4. The van der Waals surface area contributed by atoms with Crippen molar-refractivity contribution in [3.05, 3.63) is 117 Å². The van der Waals surface area contributed by atoms with Crippen LogP contribution in [0.1, 0.15) is 132 Å². The summed E-state index contributed by atoms with van der Waals surface area (Å²) in [5.41, 5.74) is 8.19. The number of piperidine rings is 1. The van der Waals surface area contributed by atoms with Gasteiger partial charge in [-0.25, -0.2) is 15.0 Å². The van der Waals surface area contributed by atoms with E-state index < -0.39 is 25.3 Å². The lowest BCUT2D eigenvalue weighted by Crippen LogP contribution is -2.56. The van der Waals surface area contributed by atoms with Crippen molar-refractivity contribution in [1.82, 2.24) is 35.8 Å². The van der Waals surface area contributed by atoms with E-state index in [1.54, 1.807) is 42.9 Å². The fraction of sp³-hybridized carbons (Fsp3) is 0.525. The van der Waals surface area contributed by atoms with E-state index in [9.17, 15) is 24.1 Å². The Morgan fingerprint density at radius 2 is 1.61 bits per heavy atom. The first kappa shape index (κ1) is 58.5. The van der Waals surface area contributed by atoms with E-state index in [1.165, 1.54) is 0 Å². The minimum Gasteiger partial charge on any atom is -0.496 e. The molecular formula is C59H80ClN8O6PS. The molecule has 14 nitrogen and oxygen atoms in total. The number of ether oxygens (including phenoxy) is 1. The van der Waals surface area contributed by atoms with Gasteiger partial charge in [0.25, 0.3) is 0 Å². The van der Waals surface area contributed by atoms with Crippen molar-refractivity contribution >= 4 is 58.8 Å². The van der Waals surface area contributed by atoms with Gasteiger partial charge in [-0.15, -0.1) is 11.3 Å². The highest BCUT2D eigenvalue weighted by molar-refractivity contribution is 7.70. The molecule has 4 N–H and O–H groups in total. The molecule has 0 aliphatic carbocycles. The lowest BCUT2D eigenvalue weighted by atomic mass is 9.85. The number of hydrogen-bond donors (Lipinski definition) is 4. The van der Waals surface area contributed by atoms with Gasteiger partial charge in [0.1, 0.15) is 24.8 Å². The summed E-state index contributed by atoms with van der Waals surface area (Å²) in [4.78, 5) is 59.2. The molecule has 0 bridgehead atoms. The van der Waals surface area contributed by atoms with E-state index in [4.69, 9.17) is 21.3 Å². The summed E-state index contributed by atoms with van der Waals surface area (Å²) in [7, 11) is -0.806. The largest absolute Gasteiger partial charge is 0.496 e. The van der Waals surface area contributed by atoms with E-state index in [0.717, 1.165) is 127 Å². The highest BCUT2D eigenvalue weighted by atomic mass is 35.5. The number of aliphatic hydroxyl groups excluding tert-OH is 1. The van der Waals surface area contributed by atoms with Crippen molar-refractivity contribution in [2.24, 2.45) is 5.41 Å². The van der Waals surface area contributed by atoms with Gasteiger partial charge in [-0.2, -0.15) is 0 Å². The number of methoxy groups -OCH3 is 1. The number of unbranched alkanes of at least 4 members (excludes halogenated alkanes) is 7. The molecule has 76 heavy (non-hydrogen) atoms. The lowest BCUT2D eigenvalue weighted by molar-refractivity contribution is -0.142. The maximum Gasteiger partial charge on any atom is 0.243 e. The molecule has 410 valence electrons. The predicted molar refractivity (Wildman–Crippen MR) is 308 cm³/mol. The topological polar surface area (TPSA) is 179 Å². The molecule has 4 heterocycles. The zero-order valence-corrected chi connectivity index (χ0v) is 48.2. The van der Waals surface area contributed by atoms with Gasteiger partial charge in [0, 0.05) is 86.7 Å². The Morgan fingerprint density at radius 1 is 0.908 bits per heavy atom. The number of aromatic nitrogens is 3. The maximum atomic E-state index is 14.1. The van der Waals surface area contributed by atoms with Gasteiger partial charge in [-0.1, -0.05) is 125 Å². The number of benzene rings is 3. The maximum absolute atomic E-state index is 14.1. The summed E-state index contributed by atoms with van der Waals surface area (Å²) in [6.07, 6.45) is 12.8. The van der Waals surface area contributed by atoms with Gasteiger partial charge in [-0.05, 0) is 80.7 Å². The molecule has 0 spiro atoms. The number of amides is 3. The summed E-state index contributed by atoms with van der Waals surface area (Å²) in [6.45, 7) is 14.5. The molecule has 3 atom stereocenters. The smallest absolute Gasteiger partial charge is 0.243 e. The number of carbonyl (C=O) groups excluding carboxylic acids is 3. The summed E-state index contributed by atoms with van der Waals surface area (Å²) < 4.78 is 18.8. The molecule has 7 rings (SSSR count). The first-order chi connectivity index (χ1) is 36.4. The van der Waals surface area contributed by atoms with Crippen LogP contribution in [0.5, 0.6) is 5.75 Å². The lowest BCUT2D eigenvalue weighted by Gasteiger charge is -2.35. The second-order valence-electron chi connectivity index (χ2n) is 22.1. The summed E-state index contributed by atoms with van der Waals surface area (Å²) in [6, 6.07) is 21.0. The van der Waals surface area contributed by atoms with E-state index in [2.05, 4.69) is 49.0 Å². The fourth-order valence-electron chi connectivity index (χ4n) is 10.5. The predicted octanol–water partition coefficient (Wildman–Crippen LogP) is 9.88. The van der Waals surface area contributed by atoms with Crippen molar-refractivity contribution < 1.29 is 28.8 Å². The number of thiazole rings is 1. The summed E-state index contributed by atoms with van der Waals surface area (Å²) in [5, 5.41) is 21.8. The van der Waals surface area contributed by atoms with Crippen LogP contribution in [0.15, 0.2) is 78.4 Å². The average Bonchev–Trinajstić information content (AvgIpc) is 4.01. The number of aryl methyl sites for hydroxylation is 1. The number of β-amino-alcohol motifs (C(OH)–C–C–N with tert-alkyl or cyclic N) is 1. The second-order valence-corrected chi connectivity index (χ2v) is 26.6. The van der Waals surface area contributed by atoms with E-state index in [1.807, 2.05) is 81.7 Å². The molecule has 2 aromatic heterocycles. The van der Waals surface area contributed by atoms with Crippen molar-refractivity contribution in [2.45, 2.75) is 148 Å². The molecule has 0 unspecified atom stereocenters. The number of anilines is 1. The highest BCUT2D eigenvalue weighted by Crippen LogP contribution is 2.37. The highest BCUT2D eigenvalue weighted by Gasteiger charge is 2.43. The molecule has 2 aliphatic heterocycles. The molecule has 5 aromatic rings. The molecule has 17 heteroatoms. The first-order valence-corrected chi connectivity index (χ1v) is 31.1. The van der Waals surface area contributed by atoms with Crippen LogP contribution in [0.3, 0.4) is 0 Å². The number of carbonyl (C=O) groups is 3. The van der Waals surface area contributed by atoms with Gasteiger partial charge in [-0.3, -0.25) is 14.4 Å². The number of hydrogen-bond acceptors (Lipinski definition) is 12. The van der Waals surface area contributed by atoms with E-state index in [-0.39, 0.29) is 42.1 Å². The minimum absolute atomic E-state index is 0.136. The Balaban J connectivity index is 0.748. The quantitative estimate of drug-likeness (QED) is 0.0323. The van der Waals surface area contributed by atoms with Crippen LogP contribution in [0, 0.1) is 12.3 Å². The van der Waals surface area contributed by atoms with E-state index in [0.29, 0.717) is 48.9 Å². The van der Waals surface area contributed by atoms with Crippen molar-refractivity contribution in [1.29, 1.82) is 0 Å². The van der Waals surface area contributed by atoms with Crippen molar-refractivity contribution in [2.75, 3.05) is 51.5 Å². The normalized spacial score (nSPS) is 16.7. The Hall–Kier alpha value is -5.18. The zero-order valence-electron chi connectivity index (χ0n) is 45.7. The molecule has 0 saturated carbocycles. The molecule has 2 saturated heterocycles. The molecule has 0 radical (unpaired) electrons. The minimum atomic E-state index is -2.48. The van der Waals surface area contributed by atoms with Crippen LogP contribution in [0.25, 0.3) is 10.4 Å². The standard InChI is InChI=1S/C59H80ClN8O6PS/c1-40-55(76-39-64-40)42-23-21-41(22-24-42)36-63-57(71)50-35-47(69)38-68(50)58(72)56(59(2,3)4)61-29-17-13-11-9-8-10-12-14-20-54(70)65-45-27-30-67(31-28-45)46-26-25-43(51(34-46)74-5)33-53-62-37-48(60)49(66-53)32-44-18-15-16-19-52(44)75(6,7)73/h15-16,18-19,21-26,34,37,39,45,47,50,56,61,69H,8-14,17,20,27-33,35-36,38H2,1-7H3,(H,63,71)(H,65,70)/t47-,50+,56-/m1/s1. The third kappa shape index (κ3) is 16.4. The molecule has 3 amide bonds. The number of rotatable bonds is 25. The van der Waals surface area contributed by atoms with Crippen LogP contribution in [0.4, 0.5) is 5.69 Å². The van der Waals surface area contributed by atoms with Gasteiger partial charge >= 0.3 is 0 Å². The number of halogens is 1. The SMILES string of the molecule is COc1cc(N2CCC(NC(=O)CCCCCCCCCCN[C@H](C(=O)N3C[C@H](O)C[C@H]3C(=O)NCc3ccc(-c4scnc4C)cc3)C(C)(C)C)CC2)ccc1Cc1ncc(Cl)c(Cc2ccccc2P(C)(C)=O)n1. The van der Waals surface area contributed by atoms with Crippen LogP contribution in [0.2, 0.25) is 5.02 Å². The number of nitrogens with zero attached hydrogens (tertiary/aromatic N) is 5. The van der Waals surface area contributed by atoms with Crippen LogP contribution >= 0.6 is 30.1 Å². The van der Waals surface area contributed by atoms with Gasteiger partial charge in [0.2, 0.25) is 17.7 Å². The van der Waals surface area contributed by atoms with E-state index >= 15 is 0 Å². The van der Waals surface area contributed by atoms with Crippen molar-refractivity contribution in [3.63, 3.8) is 0 Å². The van der Waals surface area contributed by atoms with Crippen molar-refractivity contribution in [3.8, 4) is 16.2 Å². The zero-order chi connectivity index (χ0) is 54.4. The first-order valence-electron chi connectivity index (χ1n) is 27.2. The Labute approximate surface area is 460 Å². The molecule has 3 aromatic carbocycles. The molecule has 2 aliphatic rings. The average molecular weight is 1100 g/mol. The van der Waals surface area contributed by atoms with Crippen LogP contribution in [-0.2, 0) is 38.3 Å². The molecule has 2 fully saturated rings. The van der Waals surface area contributed by atoms with Gasteiger partial charge < -0.3 is 40.2 Å². The monoisotopic (exact) mass is 1090 g/mol. The van der Waals surface area contributed by atoms with Gasteiger partial charge in [0.05, 0.1) is 46.1 Å². The van der Waals surface area contributed by atoms with Crippen LogP contribution < -0.4 is 30.9 Å². The Kier molecular flexibility index (Phi) is 21.1. The van der Waals surface area contributed by atoms with Gasteiger partial charge in [0.15, 0.2) is 0 Å². The molecular weight excluding hydrogens is 1020 g/mol. The summed E-state index contributed by atoms with van der Waals surface area (Å²) in [5.74, 6) is 1.14. The summed E-state index contributed by atoms with van der Waals surface area (Å²) >= 11 is 8.18. The number of nitrogens with one attached hydrogen (secondary N) is 3. The third-order valence-electron chi connectivity index (χ3n) is 14.7. The Morgan fingerprint density at radius 3 is 2.28 bits per heavy atom. The fourth-order valence-corrected chi connectivity index (χ4v) is 12.7. The number of likely N-dealkylation sites (tertiary alicyclic amines) is 1. The Bertz CT molecular complexity index is 2770. The van der Waals surface area contributed by atoms with Crippen LogP contribution in [-0.4, -0.2) is 114 Å². The third-order valence-corrected chi connectivity index (χ3v) is 17.6. The number of aliphatic hydroxyl groups is 1.